The van der Waals surface area contributed by atoms with Crippen LogP contribution < -0.4 is 11.1 Å². The Morgan fingerprint density at radius 3 is 2.36 bits per heavy atom. The van der Waals surface area contributed by atoms with Crippen LogP contribution in [0.2, 0.25) is 0 Å². The molecule has 1 atom stereocenters. The van der Waals surface area contributed by atoms with Gasteiger partial charge in [-0.25, -0.2) is 4.99 Å². The number of guanidine groups is 1. The number of anilines is 1. The summed E-state index contributed by atoms with van der Waals surface area (Å²) in [4.78, 5) is 6.89. The van der Waals surface area contributed by atoms with Crippen molar-refractivity contribution in [2.45, 2.75) is 39.3 Å². The zero-order valence-electron chi connectivity index (χ0n) is 17.0. The van der Waals surface area contributed by atoms with Crippen molar-refractivity contribution in [3.8, 4) is 0 Å². The maximum Gasteiger partial charge on any atom is 0.193 e. The Bertz CT molecular complexity index is 749. The van der Waals surface area contributed by atoms with Crippen molar-refractivity contribution in [1.82, 2.24) is 4.90 Å². The summed E-state index contributed by atoms with van der Waals surface area (Å²) in [5.74, 6) is 1.01. The fourth-order valence-electron chi connectivity index (χ4n) is 3.26. The van der Waals surface area contributed by atoms with Gasteiger partial charge >= 0.3 is 0 Å². The van der Waals surface area contributed by atoms with E-state index >= 15 is 0 Å². The minimum atomic E-state index is 0.439. The summed E-state index contributed by atoms with van der Waals surface area (Å²) in [6.45, 7) is 9.67. The Balaban J connectivity index is 1.49. The van der Waals surface area contributed by atoms with Crippen LogP contribution in [-0.4, -0.2) is 37.2 Å². The minimum absolute atomic E-state index is 0.439. The number of ether oxygens (including phenoxy) is 1. The van der Waals surface area contributed by atoms with E-state index in [0.29, 0.717) is 18.4 Å². The number of morpholine rings is 1. The molecule has 0 spiro atoms. The van der Waals surface area contributed by atoms with Gasteiger partial charge in [0.1, 0.15) is 0 Å². The lowest BCUT2D eigenvalue weighted by molar-refractivity contribution is 0.0342. The van der Waals surface area contributed by atoms with Crippen molar-refractivity contribution < 1.29 is 4.74 Å². The van der Waals surface area contributed by atoms with Crippen molar-refractivity contribution in [3.63, 3.8) is 0 Å². The highest BCUT2D eigenvalue weighted by Crippen LogP contribution is 2.20. The monoisotopic (exact) mass is 380 g/mol. The quantitative estimate of drug-likeness (QED) is 0.564. The number of nitrogens with two attached hydrogens (primary N) is 1. The topological polar surface area (TPSA) is 62.9 Å². The number of hydrogen-bond acceptors (Lipinski definition) is 3. The Hall–Kier alpha value is -2.37. The molecule has 2 aromatic carbocycles. The van der Waals surface area contributed by atoms with Crippen molar-refractivity contribution in [2.24, 2.45) is 10.7 Å². The SMILES string of the molecule is CCC(C)c1ccc(NC(N)=NCc2ccc(CN3CCOCC3)cc2)cc1. The summed E-state index contributed by atoms with van der Waals surface area (Å²) in [5, 5.41) is 3.17. The third kappa shape index (κ3) is 6.08. The van der Waals surface area contributed by atoms with E-state index in [1.54, 1.807) is 0 Å². The Kier molecular flexibility index (Phi) is 7.46. The maximum atomic E-state index is 6.05. The number of rotatable bonds is 7. The molecule has 2 aromatic rings. The molecular formula is C23H32N4O. The first-order chi connectivity index (χ1) is 13.6. The fraction of sp³-hybridized carbons (Fsp3) is 0.435. The van der Waals surface area contributed by atoms with Crippen molar-refractivity contribution in [1.29, 1.82) is 0 Å². The summed E-state index contributed by atoms with van der Waals surface area (Å²) >= 11 is 0. The minimum Gasteiger partial charge on any atom is -0.379 e. The molecule has 1 aliphatic heterocycles. The van der Waals surface area contributed by atoms with Crippen molar-refractivity contribution >= 4 is 11.6 Å². The van der Waals surface area contributed by atoms with E-state index in [2.05, 4.69) is 77.6 Å². The van der Waals surface area contributed by atoms with E-state index in [4.69, 9.17) is 10.5 Å². The number of benzene rings is 2. The number of nitrogens with zero attached hydrogens (tertiary/aromatic N) is 2. The van der Waals surface area contributed by atoms with Gasteiger partial charge in [-0.1, -0.05) is 50.2 Å². The Morgan fingerprint density at radius 2 is 1.71 bits per heavy atom. The first-order valence-corrected chi connectivity index (χ1v) is 10.2. The molecule has 0 saturated carbocycles. The largest absolute Gasteiger partial charge is 0.379 e. The molecule has 5 nitrogen and oxygen atoms in total. The molecule has 28 heavy (non-hydrogen) atoms. The molecule has 3 rings (SSSR count). The van der Waals surface area contributed by atoms with Crippen LogP contribution in [0, 0.1) is 0 Å². The average Bonchev–Trinajstić information content (AvgIpc) is 2.74. The van der Waals surface area contributed by atoms with E-state index in [9.17, 15) is 0 Å². The van der Waals surface area contributed by atoms with Gasteiger partial charge in [0.25, 0.3) is 0 Å². The molecule has 150 valence electrons. The zero-order chi connectivity index (χ0) is 19.8. The van der Waals surface area contributed by atoms with Crippen LogP contribution in [0.3, 0.4) is 0 Å². The Morgan fingerprint density at radius 1 is 1.07 bits per heavy atom. The van der Waals surface area contributed by atoms with Crippen LogP contribution in [0.1, 0.15) is 42.9 Å². The third-order valence-electron chi connectivity index (χ3n) is 5.33. The van der Waals surface area contributed by atoms with Gasteiger partial charge in [0.05, 0.1) is 19.8 Å². The lowest BCUT2D eigenvalue weighted by atomic mass is 9.99. The van der Waals surface area contributed by atoms with E-state index in [1.165, 1.54) is 11.1 Å². The molecule has 1 fully saturated rings. The average molecular weight is 381 g/mol. The smallest absolute Gasteiger partial charge is 0.193 e. The van der Waals surface area contributed by atoms with E-state index < -0.39 is 0 Å². The van der Waals surface area contributed by atoms with Gasteiger partial charge in [-0.05, 0) is 41.2 Å². The second kappa shape index (κ2) is 10.2. The molecule has 1 saturated heterocycles. The summed E-state index contributed by atoms with van der Waals surface area (Å²) < 4.78 is 5.40. The van der Waals surface area contributed by atoms with Crippen molar-refractivity contribution in [3.05, 3.63) is 65.2 Å². The van der Waals surface area contributed by atoms with Crippen LogP contribution in [0.5, 0.6) is 0 Å². The van der Waals surface area contributed by atoms with Gasteiger partial charge in [0, 0.05) is 25.3 Å². The highest BCUT2D eigenvalue weighted by Gasteiger charge is 2.10. The summed E-state index contributed by atoms with van der Waals surface area (Å²) in [5.41, 5.74) is 10.8. The van der Waals surface area contributed by atoms with Crippen LogP contribution in [0.4, 0.5) is 5.69 Å². The van der Waals surface area contributed by atoms with E-state index in [1.807, 2.05) is 0 Å². The fourth-order valence-corrected chi connectivity index (χ4v) is 3.26. The molecule has 5 heteroatoms. The zero-order valence-corrected chi connectivity index (χ0v) is 17.0. The standard InChI is InChI=1S/C23H32N4O/c1-3-18(2)21-8-10-22(11-9-21)26-23(24)25-16-19-4-6-20(7-5-19)17-27-12-14-28-15-13-27/h4-11,18H,3,12-17H2,1-2H3,(H3,24,25,26). The van der Waals surface area contributed by atoms with Gasteiger partial charge in [-0.15, -0.1) is 0 Å². The van der Waals surface area contributed by atoms with E-state index in [0.717, 1.165) is 50.5 Å². The molecular weight excluding hydrogens is 348 g/mol. The third-order valence-corrected chi connectivity index (χ3v) is 5.33. The molecule has 0 aliphatic carbocycles. The predicted octanol–water partition coefficient (Wildman–Crippen LogP) is 3.96. The van der Waals surface area contributed by atoms with Crippen LogP contribution >= 0.6 is 0 Å². The second-order valence-electron chi connectivity index (χ2n) is 7.46. The molecule has 0 aromatic heterocycles. The van der Waals surface area contributed by atoms with Crippen LogP contribution in [-0.2, 0) is 17.8 Å². The maximum absolute atomic E-state index is 6.05. The molecule has 1 unspecified atom stereocenters. The molecule has 1 heterocycles. The number of hydrogen-bond donors (Lipinski definition) is 2. The predicted molar refractivity (Wildman–Crippen MR) is 117 cm³/mol. The normalized spacial score (nSPS) is 16.7. The highest BCUT2D eigenvalue weighted by atomic mass is 16.5. The first-order valence-electron chi connectivity index (χ1n) is 10.2. The molecule has 3 N–H and O–H groups in total. The second-order valence-corrected chi connectivity index (χ2v) is 7.46. The summed E-state index contributed by atoms with van der Waals surface area (Å²) in [6.07, 6.45) is 1.14. The molecule has 0 radical (unpaired) electrons. The Labute approximate surface area is 168 Å². The summed E-state index contributed by atoms with van der Waals surface area (Å²) in [7, 11) is 0. The van der Waals surface area contributed by atoms with Gasteiger partial charge in [-0.2, -0.15) is 0 Å². The van der Waals surface area contributed by atoms with Gasteiger partial charge < -0.3 is 15.8 Å². The first kappa shape index (κ1) is 20.4. The summed E-state index contributed by atoms with van der Waals surface area (Å²) in [6, 6.07) is 17.0. The lowest BCUT2D eigenvalue weighted by Gasteiger charge is -2.26. The van der Waals surface area contributed by atoms with Crippen molar-refractivity contribution in [2.75, 3.05) is 31.6 Å². The number of aliphatic imine (C=N–C) groups is 1. The number of nitrogens with one attached hydrogen (secondary N) is 1. The molecule has 0 bridgehead atoms. The van der Waals surface area contributed by atoms with E-state index in [-0.39, 0.29) is 0 Å². The van der Waals surface area contributed by atoms with Crippen LogP contribution in [0.15, 0.2) is 53.5 Å². The molecule has 0 amide bonds. The lowest BCUT2D eigenvalue weighted by Crippen LogP contribution is -2.35. The van der Waals surface area contributed by atoms with Gasteiger partial charge in [0.15, 0.2) is 5.96 Å². The van der Waals surface area contributed by atoms with Gasteiger partial charge in [0.2, 0.25) is 0 Å². The highest BCUT2D eigenvalue weighted by molar-refractivity contribution is 5.92. The van der Waals surface area contributed by atoms with Crippen LogP contribution in [0.25, 0.3) is 0 Å². The van der Waals surface area contributed by atoms with Gasteiger partial charge in [-0.3, -0.25) is 4.90 Å². The molecule has 1 aliphatic rings.